The fourth-order valence-corrected chi connectivity index (χ4v) is 5.38. The molecule has 210 valence electrons. The van der Waals surface area contributed by atoms with Crippen molar-refractivity contribution in [2.45, 2.75) is 52.1 Å². The normalized spacial score (nSPS) is 13.6. The van der Waals surface area contributed by atoms with Gasteiger partial charge in [0.25, 0.3) is 5.56 Å². The first-order chi connectivity index (χ1) is 19.7. The largest absolute Gasteiger partial charge is 0.478 e. The quantitative estimate of drug-likeness (QED) is 0.210. The van der Waals surface area contributed by atoms with Crippen LogP contribution in [0.25, 0.3) is 17.1 Å². The summed E-state index contributed by atoms with van der Waals surface area (Å²) in [7, 11) is 1.97. The van der Waals surface area contributed by atoms with E-state index < -0.39 is 5.97 Å². The average molecular weight is 553 g/mol. The van der Waals surface area contributed by atoms with Crippen LogP contribution in [0.3, 0.4) is 0 Å². The van der Waals surface area contributed by atoms with Crippen molar-refractivity contribution >= 4 is 46.3 Å². The Hall–Kier alpha value is -4.86. The Morgan fingerprint density at radius 3 is 2.46 bits per heavy atom. The van der Waals surface area contributed by atoms with Gasteiger partial charge in [0.2, 0.25) is 5.95 Å². The maximum atomic E-state index is 13.4. The zero-order valence-electron chi connectivity index (χ0n) is 23.3. The van der Waals surface area contributed by atoms with Crippen LogP contribution < -0.4 is 15.8 Å². The molecule has 1 aliphatic carbocycles. The second-order valence-corrected chi connectivity index (χ2v) is 10.4. The van der Waals surface area contributed by atoms with Gasteiger partial charge < -0.3 is 15.3 Å². The van der Waals surface area contributed by atoms with Crippen LogP contribution >= 0.6 is 0 Å². The summed E-state index contributed by atoms with van der Waals surface area (Å²) in [5.74, 6) is -0.344. The number of nitrogens with zero attached hydrogens (tertiary/aromatic N) is 5. The predicted molar refractivity (Wildman–Crippen MR) is 159 cm³/mol. The molecule has 1 saturated carbocycles. The molecule has 1 fully saturated rings. The Morgan fingerprint density at radius 1 is 1.10 bits per heavy atom. The zero-order valence-corrected chi connectivity index (χ0v) is 23.3. The number of benzene rings is 1. The van der Waals surface area contributed by atoms with E-state index in [0.717, 1.165) is 48.6 Å². The number of carboxylic acids is 1. The Balaban J connectivity index is 1.35. The summed E-state index contributed by atoms with van der Waals surface area (Å²) in [6, 6.07) is 11.5. The van der Waals surface area contributed by atoms with E-state index in [1.807, 2.05) is 43.4 Å². The first kappa shape index (κ1) is 27.7. The number of carboxylic acid groups (broad SMARTS) is 1. The number of hydrogen-bond acceptors (Lipinski definition) is 8. The van der Waals surface area contributed by atoms with Gasteiger partial charge in [-0.3, -0.25) is 14.2 Å². The number of carbonyl (C=O) groups is 2. The second kappa shape index (κ2) is 11.7. The first-order valence-corrected chi connectivity index (χ1v) is 13.6. The van der Waals surface area contributed by atoms with Gasteiger partial charge in [-0.1, -0.05) is 37.1 Å². The van der Waals surface area contributed by atoms with Gasteiger partial charge in [0.15, 0.2) is 5.78 Å². The number of aryl methyl sites for hydroxylation is 1. The van der Waals surface area contributed by atoms with Crippen LogP contribution in [0, 0.1) is 6.92 Å². The van der Waals surface area contributed by atoms with Gasteiger partial charge in [-0.15, -0.1) is 0 Å². The number of aliphatic carboxylic acids is 1. The molecule has 0 saturated heterocycles. The smallest absolute Gasteiger partial charge is 0.328 e. The minimum absolute atomic E-state index is 0.0109. The molecule has 5 rings (SSSR count). The summed E-state index contributed by atoms with van der Waals surface area (Å²) in [6.07, 6.45) is 9.94. The van der Waals surface area contributed by atoms with E-state index in [9.17, 15) is 14.4 Å². The third kappa shape index (κ3) is 6.01. The molecule has 1 aliphatic rings. The molecule has 0 unspecified atom stereocenters. The number of anilines is 3. The predicted octanol–water partition coefficient (Wildman–Crippen LogP) is 5.29. The van der Waals surface area contributed by atoms with Crippen molar-refractivity contribution in [1.82, 2.24) is 19.5 Å². The van der Waals surface area contributed by atoms with E-state index in [2.05, 4.69) is 20.2 Å². The van der Waals surface area contributed by atoms with Gasteiger partial charge in [-0.2, -0.15) is 4.98 Å². The lowest BCUT2D eigenvalue weighted by atomic mass is 10.0. The number of Topliss-reactive ketones (excluding diaryl/α,β-unsaturated/α-hetero) is 1. The lowest BCUT2D eigenvalue weighted by Crippen LogP contribution is -2.30. The Morgan fingerprint density at radius 2 is 1.83 bits per heavy atom. The van der Waals surface area contributed by atoms with E-state index in [1.54, 1.807) is 30.0 Å². The van der Waals surface area contributed by atoms with E-state index >= 15 is 0 Å². The van der Waals surface area contributed by atoms with Crippen LogP contribution in [-0.2, 0) is 11.3 Å². The van der Waals surface area contributed by atoms with Gasteiger partial charge in [-0.05, 0) is 61.6 Å². The standard InChI is InChI=1S/C31H32N6O4/c1-19-25-17-33-31(35-29(25)37(23-6-4-5-7-23)30(41)28(19)20(2)38)34-26-14-13-24(16-32-26)36(3)18-22-10-8-21(9-11-22)12-15-27(39)40/h8-17,23H,4-7,18H2,1-3H3,(H,39,40)(H,32,33,34,35)/b15-12+. The van der Waals surface area contributed by atoms with Crippen LogP contribution in [0.15, 0.2) is 59.7 Å². The molecule has 4 aromatic rings. The molecule has 10 heteroatoms. The van der Waals surface area contributed by atoms with Crippen molar-refractivity contribution in [3.63, 3.8) is 0 Å². The van der Waals surface area contributed by atoms with E-state index in [0.29, 0.717) is 34.9 Å². The maximum Gasteiger partial charge on any atom is 0.328 e. The number of fused-ring (bicyclic) bond motifs is 1. The van der Waals surface area contributed by atoms with Gasteiger partial charge >= 0.3 is 5.97 Å². The highest BCUT2D eigenvalue weighted by Gasteiger charge is 2.25. The molecule has 2 N–H and O–H groups in total. The average Bonchev–Trinajstić information content (AvgIpc) is 3.47. The van der Waals surface area contributed by atoms with Crippen molar-refractivity contribution in [3.05, 3.63) is 87.5 Å². The first-order valence-electron chi connectivity index (χ1n) is 13.6. The summed E-state index contributed by atoms with van der Waals surface area (Å²) in [6.45, 7) is 3.85. The Labute approximate surface area is 237 Å². The topological polar surface area (TPSA) is 130 Å². The third-order valence-electron chi connectivity index (χ3n) is 7.50. The molecular formula is C31H32N6O4. The Bertz CT molecular complexity index is 1690. The molecule has 3 aromatic heterocycles. The number of ketones is 1. The number of pyridine rings is 2. The fraction of sp³-hybridized carbons (Fsp3) is 0.290. The molecule has 0 aliphatic heterocycles. The molecule has 0 bridgehead atoms. The minimum atomic E-state index is -0.978. The van der Waals surface area contributed by atoms with Crippen LogP contribution in [0.1, 0.15) is 65.7 Å². The van der Waals surface area contributed by atoms with Crippen LogP contribution in [-0.4, -0.2) is 43.4 Å². The summed E-state index contributed by atoms with van der Waals surface area (Å²) < 4.78 is 1.69. The molecule has 0 amide bonds. The summed E-state index contributed by atoms with van der Waals surface area (Å²) in [5, 5.41) is 12.6. The van der Waals surface area contributed by atoms with Crippen molar-refractivity contribution in [1.29, 1.82) is 0 Å². The van der Waals surface area contributed by atoms with Crippen molar-refractivity contribution < 1.29 is 14.7 Å². The minimum Gasteiger partial charge on any atom is -0.478 e. The van der Waals surface area contributed by atoms with Crippen molar-refractivity contribution in [2.24, 2.45) is 0 Å². The fourth-order valence-electron chi connectivity index (χ4n) is 5.38. The maximum absolute atomic E-state index is 13.4. The third-order valence-corrected chi connectivity index (χ3v) is 7.50. The molecule has 1 aromatic carbocycles. The Kier molecular flexibility index (Phi) is 7.91. The second-order valence-electron chi connectivity index (χ2n) is 10.4. The summed E-state index contributed by atoms with van der Waals surface area (Å²) in [4.78, 5) is 52.3. The van der Waals surface area contributed by atoms with Crippen molar-refractivity contribution in [3.8, 4) is 0 Å². The monoisotopic (exact) mass is 552 g/mol. The molecule has 41 heavy (non-hydrogen) atoms. The zero-order chi connectivity index (χ0) is 29.1. The van der Waals surface area contributed by atoms with E-state index in [1.165, 1.54) is 6.92 Å². The van der Waals surface area contributed by atoms with Gasteiger partial charge in [0, 0.05) is 37.3 Å². The van der Waals surface area contributed by atoms with E-state index in [-0.39, 0.29) is 22.9 Å². The lowest BCUT2D eigenvalue weighted by Gasteiger charge is -2.20. The SMILES string of the molecule is CC(=O)c1c(C)c2cnc(Nc3ccc(N(C)Cc4ccc(/C=C/C(=O)O)cc4)cn3)nc2n(C2CCCC2)c1=O. The molecule has 0 atom stereocenters. The summed E-state index contributed by atoms with van der Waals surface area (Å²) >= 11 is 0. The van der Waals surface area contributed by atoms with Crippen LogP contribution in [0.4, 0.5) is 17.5 Å². The number of carbonyl (C=O) groups excluding carboxylic acids is 1. The van der Waals surface area contributed by atoms with Gasteiger partial charge in [0.05, 0.1) is 17.4 Å². The lowest BCUT2D eigenvalue weighted by molar-refractivity contribution is -0.131. The molecule has 0 radical (unpaired) electrons. The number of aromatic nitrogens is 4. The molecule has 0 spiro atoms. The molecular weight excluding hydrogens is 520 g/mol. The van der Waals surface area contributed by atoms with Gasteiger partial charge in [-0.25, -0.2) is 14.8 Å². The van der Waals surface area contributed by atoms with Crippen LogP contribution in [0.2, 0.25) is 0 Å². The number of nitrogens with one attached hydrogen (secondary N) is 1. The molecule has 3 heterocycles. The van der Waals surface area contributed by atoms with Crippen molar-refractivity contribution in [2.75, 3.05) is 17.3 Å². The number of rotatable bonds is 9. The highest BCUT2D eigenvalue weighted by Crippen LogP contribution is 2.32. The number of hydrogen-bond donors (Lipinski definition) is 2. The summed E-state index contributed by atoms with van der Waals surface area (Å²) in [5.41, 5.74) is 3.87. The highest BCUT2D eigenvalue weighted by molar-refractivity contribution is 5.99. The van der Waals surface area contributed by atoms with E-state index in [4.69, 9.17) is 10.1 Å². The highest BCUT2D eigenvalue weighted by atomic mass is 16.4. The van der Waals surface area contributed by atoms with Gasteiger partial charge in [0.1, 0.15) is 11.5 Å². The van der Waals surface area contributed by atoms with Crippen LogP contribution in [0.5, 0.6) is 0 Å². The molecule has 10 nitrogen and oxygen atoms in total.